The van der Waals surface area contributed by atoms with E-state index in [1.165, 1.54) is 6.92 Å². The molecule has 3 N–H and O–H groups in total. The monoisotopic (exact) mass is 338 g/mol. The molecule has 2 aliphatic heterocycles. The predicted octanol–water partition coefficient (Wildman–Crippen LogP) is 1.58. The van der Waals surface area contributed by atoms with Crippen LogP contribution in [0.15, 0.2) is 6.07 Å². The number of quaternary nitrogens is 1. The third-order valence-corrected chi connectivity index (χ3v) is 5.28. The van der Waals surface area contributed by atoms with Crippen LogP contribution in [0.1, 0.15) is 56.7 Å². The zero-order chi connectivity index (χ0) is 16.8. The second kappa shape index (κ2) is 5.72. The molecule has 0 radical (unpaired) electrons. The number of aromatic nitrogens is 1. The normalized spacial score (nSPS) is 22.9. The van der Waals surface area contributed by atoms with Crippen molar-refractivity contribution in [2.24, 2.45) is 0 Å². The van der Waals surface area contributed by atoms with Gasteiger partial charge in [0.1, 0.15) is 11.7 Å². The van der Waals surface area contributed by atoms with Crippen LogP contribution < -0.4 is 10.6 Å². The van der Waals surface area contributed by atoms with Crippen LogP contribution >= 0.6 is 11.6 Å². The number of piperidine rings is 1. The Labute approximate surface area is 142 Å². The first-order chi connectivity index (χ1) is 10.8. The summed E-state index contributed by atoms with van der Waals surface area (Å²) < 4.78 is 6.58. The summed E-state index contributed by atoms with van der Waals surface area (Å²) in [6, 6.07) is 1.97. The number of nitrogens with two attached hydrogens (primary N) is 1. The fraction of sp³-hybridized carbons (Fsp3) is 0.647. The van der Waals surface area contributed by atoms with Crippen LogP contribution in [0.4, 0.5) is 0 Å². The lowest BCUT2D eigenvalue weighted by atomic mass is 9.86. The first-order valence-corrected chi connectivity index (χ1v) is 8.59. The van der Waals surface area contributed by atoms with Crippen LogP contribution in [0.5, 0.6) is 0 Å². The minimum atomic E-state index is -0.522. The molecule has 0 bridgehead atoms. The second-order valence-electron chi connectivity index (χ2n) is 7.25. The largest absolute Gasteiger partial charge is 0.358 e. The summed E-state index contributed by atoms with van der Waals surface area (Å²) in [5.74, 6) is -0.0655. The summed E-state index contributed by atoms with van der Waals surface area (Å²) in [4.78, 5) is 16.4. The van der Waals surface area contributed by atoms with Gasteiger partial charge in [-0.15, -0.1) is 0 Å². The minimum absolute atomic E-state index is 0.0655. The summed E-state index contributed by atoms with van der Waals surface area (Å²) in [5, 5.41) is 5.97. The Kier molecular flexibility index (Phi) is 4.15. The number of fused-ring (bicyclic) bond motifs is 2. The Morgan fingerprint density at radius 1 is 1.48 bits per heavy atom. The summed E-state index contributed by atoms with van der Waals surface area (Å²) in [5.41, 5.74) is 1.99. The highest BCUT2D eigenvalue weighted by atomic mass is 35.5. The quantitative estimate of drug-likeness (QED) is 0.860. The zero-order valence-corrected chi connectivity index (χ0v) is 15.0. The highest BCUT2D eigenvalue weighted by Gasteiger charge is 2.52. The minimum Gasteiger partial charge on any atom is -0.358 e. The fourth-order valence-electron chi connectivity index (χ4n) is 3.85. The molecule has 6 heteroatoms. The highest BCUT2D eigenvalue weighted by Crippen LogP contribution is 2.51. The molecule has 5 nitrogen and oxygen atoms in total. The van der Waals surface area contributed by atoms with Crippen molar-refractivity contribution >= 4 is 17.5 Å². The number of hydrogen-bond acceptors (Lipinski definition) is 3. The molecule has 3 rings (SSSR count). The van der Waals surface area contributed by atoms with E-state index in [4.69, 9.17) is 21.3 Å². The molecule has 126 valence electrons. The maximum atomic E-state index is 11.6. The van der Waals surface area contributed by atoms with Gasteiger partial charge in [0.2, 0.25) is 5.91 Å². The number of rotatable bonds is 2. The maximum Gasteiger partial charge on any atom is 0.217 e. The number of ether oxygens (including phenoxy) is 1. The molecule has 0 saturated carbocycles. The van der Waals surface area contributed by atoms with E-state index < -0.39 is 5.54 Å². The van der Waals surface area contributed by atoms with Gasteiger partial charge in [-0.05, 0) is 26.8 Å². The molecular formula is C17H25ClN3O2+. The number of nitrogens with zero attached hydrogens (tertiary/aromatic N) is 1. The van der Waals surface area contributed by atoms with Gasteiger partial charge in [0, 0.05) is 25.3 Å². The molecule has 1 aromatic rings. The van der Waals surface area contributed by atoms with Gasteiger partial charge in [-0.1, -0.05) is 11.6 Å². The van der Waals surface area contributed by atoms with Gasteiger partial charge in [0.05, 0.1) is 35.0 Å². The maximum absolute atomic E-state index is 11.6. The third-order valence-electron chi connectivity index (χ3n) is 4.90. The molecule has 1 fully saturated rings. The van der Waals surface area contributed by atoms with Crippen molar-refractivity contribution in [2.75, 3.05) is 13.1 Å². The number of carbonyl (C=O) groups is 1. The molecule has 1 unspecified atom stereocenters. The van der Waals surface area contributed by atoms with Gasteiger partial charge in [-0.2, -0.15) is 0 Å². The Balaban J connectivity index is 2.08. The Morgan fingerprint density at radius 3 is 2.74 bits per heavy atom. The molecule has 1 atom stereocenters. The van der Waals surface area contributed by atoms with E-state index in [-0.39, 0.29) is 17.6 Å². The summed E-state index contributed by atoms with van der Waals surface area (Å²) in [6.07, 6.45) is 1.62. The predicted molar refractivity (Wildman–Crippen MR) is 88.3 cm³/mol. The number of aryl methyl sites for hydroxylation is 1. The number of nitrogens with one attached hydrogen (secondary N) is 1. The molecule has 1 spiro atoms. The van der Waals surface area contributed by atoms with Crippen molar-refractivity contribution in [3.63, 3.8) is 0 Å². The van der Waals surface area contributed by atoms with Crippen molar-refractivity contribution in [2.45, 2.75) is 57.8 Å². The van der Waals surface area contributed by atoms with Crippen LogP contribution in [0.25, 0.3) is 0 Å². The zero-order valence-electron chi connectivity index (χ0n) is 14.2. The van der Waals surface area contributed by atoms with Gasteiger partial charge in [-0.3, -0.25) is 9.78 Å². The Bertz CT molecular complexity index is 639. The summed E-state index contributed by atoms with van der Waals surface area (Å²) in [6.45, 7) is 9.49. The summed E-state index contributed by atoms with van der Waals surface area (Å²) >= 11 is 6.33. The smallest absolute Gasteiger partial charge is 0.217 e. The van der Waals surface area contributed by atoms with E-state index in [9.17, 15) is 4.79 Å². The lowest BCUT2D eigenvalue weighted by molar-refractivity contribution is -0.669. The van der Waals surface area contributed by atoms with Crippen molar-refractivity contribution in [3.8, 4) is 0 Å². The number of pyridine rings is 1. The van der Waals surface area contributed by atoms with Crippen LogP contribution in [-0.4, -0.2) is 29.5 Å². The van der Waals surface area contributed by atoms with Crippen molar-refractivity contribution in [1.29, 1.82) is 0 Å². The molecule has 1 saturated heterocycles. The molecule has 1 aromatic heterocycles. The van der Waals surface area contributed by atoms with E-state index >= 15 is 0 Å². The van der Waals surface area contributed by atoms with Crippen molar-refractivity contribution < 1.29 is 14.8 Å². The highest BCUT2D eigenvalue weighted by molar-refractivity contribution is 6.31. The van der Waals surface area contributed by atoms with Crippen LogP contribution in [0.2, 0.25) is 5.02 Å². The number of amides is 1. The SMILES string of the molecule is CC(=O)NC(C)(C)C1OC2(CC[NH2+]CC2)c2nc(C)c(Cl)cc21. The first-order valence-electron chi connectivity index (χ1n) is 8.21. The van der Waals surface area contributed by atoms with Gasteiger partial charge in [0.15, 0.2) is 0 Å². The van der Waals surface area contributed by atoms with Gasteiger partial charge < -0.3 is 15.4 Å². The molecular weight excluding hydrogens is 314 g/mol. The first kappa shape index (κ1) is 16.7. The summed E-state index contributed by atoms with van der Waals surface area (Å²) in [7, 11) is 0. The molecule has 1 amide bonds. The Hall–Kier alpha value is -1.17. The van der Waals surface area contributed by atoms with Crippen LogP contribution in [0.3, 0.4) is 0 Å². The van der Waals surface area contributed by atoms with Crippen LogP contribution in [-0.2, 0) is 15.1 Å². The molecule has 0 aromatic carbocycles. The molecule has 2 aliphatic rings. The van der Waals surface area contributed by atoms with E-state index in [2.05, 4.69) is 10.6 Å². The molecule has 3 heterocycles. The third kappa shape index (κ3) is 2.86. The number of halogens is 1. The van der Waals surface area contributed by atoms with E-state index in [0.29, 0.717) is 5.02 Å². The van der Waals surface area contributed by atoms with Gasteiger partial charge in [-0.25, -0.2) is 0 Å². The second-order valence-corrected chi connectivity index (χ2v) is 7.66. The standard InChI is InChI=1S/C17H24ClN3O2/c1-10-13(18)9-12-14(20-10)17(5-7-19-8-6-17)23-15(12)16(3,4)21-11(2)22/h9,15,19H,5-8H2,1-4H3,(H,21,22)/p+1. The lowest BCUT2D eigenvalue weighted by Crippen LogP contribution is -2.87. The number of hydrogen-bond donors (Lipinski definition) is 2. The molecule has 0 aliphatic carbocycles. The average molecular weight is 339 g/mol. The molecule has 23 heavy (non-hydrogen) atoms. The number of carbonyl (C=O) groups excluding carboxylic acids is 1. The topological polar surface area (TPSA) is 67.8 Å². The van der Waals surface area contributed by atoms with Gasteiger partial charge in [0.25, 0.3) is 0 Å². The van der Waals surface area contributed by atoms with Gasteiger partial charge >= 0.3 is 0 Å². The average Bonchev–Trinajstić information content (AvgIpc) is 2.74. The fourth-order valence-corrected chi connectivity index (χ4v) is 4.01. The van der Waals surface area contributed by atoms with Crippen molar-refractivity contribution in [1.82, 2.24) is 10.3 Å². The van der Waals surface area contributed by atoms with E-state index in [1.54, 1.807) is 0 Å². The lowest BCUT2D eigenvalue weighted by Gasteiger charge is -2.36. The van der Waals surface area contributed by atoms with Crippen molar-refractivity contribution in [3.05, 3.63) is 28.0 Å². The van der Waals surface area contributed by atoms with Crippen LogP contribution in [0, 0.1) is 6.92 Å². The Morgan fingerprint density at radius 2 is 2.13 bits per heavy atom. The van der Waals surface area contributed by atoms with E-state index in [0.717, 1.165) is 42.9 Å². The van der Waals surface area contributed by atoms with E-state index in [1.807, 2.05) is 26.8 Å².